The van der Waals surface area contributed by atoms with E-state index >= 15 is 0 Å². The second kappa shape index (κ2) is 8.14. The Hall–Kier alpha value is -2.99. The highest BCUT2D eigenvalue weighted by atomic mass is 32.1. The number of aromatic nitrogens is 1. The van der Waals surface area contributed by atoms with Gasteiger partial charge in [-0.05, 0) is 37.1 Å². The Morgan fingerprint density at radius 2 is 1.81 bits per heavy atom. The molecule has 3 aromatic rings. The summed E-state index contributed by atoms with van der Waals surface area (Å²) in [5.41, 5.74) is 3.69. The number of aryl methyl sites for hydroxylation is 2. The fourth-order valence-corrected chi connectivity index (χ4v) is 3.41. The average Bonchev–Trinajstić information content (AvgIpc) is 3.07. The summed E-state index contributed by atoms with van der Waals surface area (Å²) in [6.07, 6.45) is 0. The van der Waals surface area contributed by atoms with Crippen LogP contribution in [0.25, 0.3) is 11.3 Å². The van der Waals surface area contributed by atoms with Gasteiger partial charge in [0.2, 0.25) is 0 Å². The molecular weight excluding hydrogens is 360 g/mol. The largest absolute Gasteiger partial charge is 0.484 e. The Kier molecular flexibility index (Phi) is 5.66. The van der Waals surface area contributed by atoms with Crippen LogP contribution in [-0.2, 0) is 4.79 Å². The molecular formula is C21H20N2O3S. The quantitative estimate of drug-likeness (QED) is 0.632. The number of carbonyl (C=O) groups excluding carboxylic acids is 2. The van der Waals surface area contributed by atoms with E-state index in [9.17, 15) is 9.59 Å². The molecule has 0 saturated carbocycles. The number of Topliss-reactive ketones (excluding diaryl/α,β-unsaturated/α-hetero) is 1. The van der Waals surface area contributed by atoms with Crippen molar-refractivity contribution in [3.8, 4) is 17.0 Å². The average molecular weight is 380 g/mol. The Bertz CT molecular complexity index is 980. The normalized spacial score (nSPS) is 10.5. The summed E-state index contributed by atoms with van der Waals surface area (Å²) in [7, 11) is 0. The molecule has 1 heterocycles. The summed E-state index contributed by atoms with van der Waals surface area (Å²) < 4.78 is 5.54. The first-order valence-electron chi connectivity index (χ1n) is 8.51. The first-order valence-corrected chi connectivity index (χ1v) is 9.33. The van der Waals surface area contributed by atoms with Gasteiger partial charge in [-0.2, -0.15) is 0 Å². The van der Waals surface area contributed by atoms with E-state index in [1.165, 1.54) is 23.8 Å². The SMILES string of the molecule is CC(=O)c1sc(NC(=O)COc2ccc(C)c(C)c2)nc1-c1ccccc1. The van der Waals surface area contributed by atoms with Crippen molar-refractivity contribution >= 4 is 28.2 Å². The van der Waals surface area contributed by atoms with Gasteiger partial charge in [0.25, 0.3) is 5.91 Å². The lowest BCUT2D eigenvalue weighted by Crippen LogP contribution is -2.20. The minimum Gasteiger partial charge on any atom is -0.484 e. The topological polar surface area (TPSA) is 68.3 Å². The van der Waals surface area contributed by atoms with E-state index in [0.717, 1.165) is 11.1 Å². The van der Waals surface area contributed by atoms with Crippen molar-refractivity contribution in [1.29, 1.82) is 0 Å². The van der Waals surface area contributed by atoms with E-state index in [4.69, 9.17) is 4.74 Å². The van der Waals surface area contributed by atoms with Crippen LogP contribution in [0.3, 0.4) is 0 Å². The summed E-state index contributed by atoms with van der Waals surface area (Å²) >= 11 is 1.17. The number of carbonyl (C=O) groups is 2. The molecule has 1 amide bonds. The molecule has 1 aromatic heterocycles. The van der Waals surface area contributed by atoms with E-state index in [1.807, 2.05) is 62.4 Å². The van der Waals surface area contributed by atoms with E-state index < -0.39 is 0 Å². The molecule has 0 radical (unpaired) electrons. The molecule has 0 aliphatic heterocycles. The van der Waals surface area contributed by atoms with Gasteiger partial charge in [0.1, 0.15) is 5.75 Å². The highest BCUT2D eigenvalue weighted by molar-refractivity contribution is 7.18. The maximum absolute atomic E-state index is 12.2. The predicted molar refractivity (Wildman–Crippen MR) is 108 cm³/mol. The van der Waals surface area contributed by atoms with Crippen LogP contribution in [0, 0.1) is 13.8 Å². The standard InChI is InChI=1S/C21H20N2O3S/c1-13-9-10-17(11-14(13)2)26-12-18(25)22-21-23-19(20(27-21)15(3)24)16-7-5-4-6-8-16/h4-11H,12H2,1-3H3,(H,22,23,25). The van der Waals surface area contributed by atoms with Crippen LogP contribution < -0.4 is 10.1 Å². The lowest BCUT2D eigenvalue weighted by atomic mass is 10.1. The fourth-order valence-electron chi connectivity index (χ4n) is 2.51. The van der Waals surface area contributed by atoms with Gasteiger partial charge in [-0.25, -0.2) is 4.98 Å². The molecule has 0 spiro atoms. The maximum atomic E-state index is 12.2. The lowest BCUT2D eigenvalue weighted by molar-refractivity contribution is -0.118. The highest BCUT2D eigenvalue weighted by Gasteiger charge is 2.18. The van der Waals surface area contributed by atoms with Crippen molar-refractivity contribution in [3.63, 3.8) is 0 Å². The molecule has 0 saturated heterocycles. The Labute approximate surface area is 162 Å². The van der Waals surface area contributed by atoms with Crippen molar-refractivity contribution in [1.82, 2.24) is 4.98 Å². The van der Waals surface area contributed by atoms with E-state index in [-0.39, 0.29) is 18.3 Å². The van der Waals surface area contributed by atoms with Crippen molar-refractivity contribution in [3.05, 3.63) is 64.5 Å². The molecule has 5 nitrogen and oxygen atoms in total. The summed E-state index contributed by atoms with van der Waals surface area (Å²) in [6, 6.07) is 15.1. The zero-order chi connectivity index (χ0) is 19.4. The van der Waals surface area contributed by atoms with E-state index in [0.29, 0.717) is 21.5 Å². The number of thiazole rings is 1. The number of hydrogen-bond donors (Lipinski definition) is 1. The van der Waals surface area contributed by atoms with Gasteiger partial charge in [0.15, 0.2) is 17.5 Å². The van der Waals surface area contributed by atoms with Gasteiger partial charge in [-0.1, -0.05) is 47.7 Å². The summed E-state index contributed by atoms with van der Waals surface area (Å²) in [5, 5.41) is 3.10. The van der Waals surface area contributed by atoms with Crippen molar-refractivity contribution in [2.45, 2.75) is 20.8 Å². The molecule has 3 rings (SSSR count). The minimum atomic E-state index is -0.323. The molecule has 138 valence electrons. The van der Waals surface area contributed by atoms with Crippen LogP contribution in [0.1, 0.15) is 27.7 Å². The highest BCUT2D eigenvalue weighted by Crippen LogP contribution is 2.31. The van der Waals surface area contributed by atoms with Gasteiger partial charge in [-0.15, -0.1) is 0 Å². The summed E-state index contributed by atoms with van der Waals surface area (Å²) in [6.45, 7) is 5.38. The number of benzene rings is 2. The van der Waals surface area contributed by atoms with Crippen LogP contribution in [0.15, 0.2) is 48.5 Å². The molecule has 0 atom stereocenters. The third-order valence-electron chi connectivity index (χ3n) is 4.09. The van der Waals surface area contributed by atoms with Crippen LogP contribution >= 0.6 is 11.3 Å². The minimum absolute atomic E-state index is 0.0850. The van der Waals surface area contributed by atoms with Crippen LogP contribution in [0.4, 0.5) is 5.13 Å². The van der Waals surface area contributed by atoms with E-state index in [2.05, 4.69) is 10.3 Å². The van der Waals surface area contributed by atoms with Crippen LogP contribution in [-0.4, -0.2) is 23.3 Å². The molecule has 0 aliphatic carbocycles. The molecule has 0 aliphatic rings. The summed E-state index contributed by atoms with van der Waals surface area (Å²) in [5.74, 6) is 0.233. The monoisotopic (exact) mass is 380 g/mol. The molecule has 0 unspecified atom stereocenters. The molecule has 2 aromatic carbocycles. The molecule has 6 heteroatoms. The Morgan fingerprint density at radius 1 is 1.07 bits per heavy atom. The number of ether oxygens (including phenoxy) is 1. The summed E-state index contributed by atoms with van der Waals surface area (Å²) in [4.78, 5) is 29.1. The zero-order valence-corrected chi connectivity index (χ0v) is 16.2. The van der Waals surface area contributed by atoms with Gasteiger partial charge < -0.3 is 4.74 Å². The van der Waals surface area contributed by atoms with Crippen LogP contribution in [0.5, 0.6) is 5.75 Å². The molecule has 27 heavy (non-hydrogen) atoms. The number of nitrogens with one attached hydrogen (secondary N) is 1. The number of amides is 1. The van der Waals surface area contributed by atoms with Crippen molar-refractivity contribution in [2.75, 3.05) is 11.9 Å². The molecule has 0 fully saturated rings. The maximum Gasteiger partial charge on any atom is 0.264 e. The Morgan fingerprint density at radius 3 is 2.48 bits per heavy atom. The first-order chi connectivity index (χ1) is 12.9. The number of hydrogen-bond acceptors (Lipinski definition) is 5. The Balaban J connectivity index is 1.70. The van der Waals surface area contributed by atoms with Crippen molar-refractivity contribution < 1.29 is 14.3 Å². The smallest absolute Gasteiger partial charge is 0.264 e. The van der Waals surface area contributed by atoms with Gasteiger partial charge >= 0.3 is 0 Å². The van der Waals surface area contributed by atoms with Gasteiger partial charge in [0.05, 0.1) is 10.6 Å². The predicted octanol–water partition coefficient (Wildman–Crippen LogP) is 4.65. The van der Waals surface area contributed by atoms with Gasteiger partial charge in [-0.3, -0.25) is 14.9 Å². The van der Waals surface area contributed by atoms with Gasteiger partial charge in [0, 0.05) is 12.5 Å². The molecule has 0 bridgehead atoms. The number of ketones is 1. The first kappa shape index (κ1) is 18.8. The third-order valence-corrected chi connectivity index (χ3v) is 5.16. The van der Waals surface area contributed by atoms with Crippen LogP contribution in [0.2, 0.25) is 0 Å². The number of rotatable bonds is 6. The van der Waals surface area contributed by atoms with Crippen molar-refractivity contribution in [2.24, 2.45) is 0 Å². The fraction of sp³-hybridized carbons (Fsp3) is 0.190. The zero-order valence-electron chi connectivity index (χ0n) is 15.4. The number of anilines is 1. The number of nitrogens with zero attached hydrogens (tertiary/aromatic N) is 1. The second-order valence-electron chi connectivity index (χ2n) is 6.20. The second-order valence-corrected chi connectivity index (χ2v) is 7.20. The lowest BCUT2D eigenvalue weighted by Gasteiger charge is -2.07. The third kappa shape index (κ3) is 4.60. The molecule has 1 N–H and O–H groups in total. The van der Waals surface area contributed by atoms with E-state index in [1.54, 1.807) is 0 Å².